The molecule has 1 heterocycles. The molecule has 9 heteroatoms. The molecule has 3 N–H and O–H groups in total. The number of rotatable bonds is 5. The van der Waals surface area contributed by atoms with E-state index in [1.807, 2.05) is 0 Å². The summed E-state index contributed by atoms with van der Waals surface area (Å²) in [4.78, 5) is 0.0696. The lowest BCUT2D eigenvalue weighted by Gasteiger charge is -2.09. The molecule has 0 saturated heterocycles. The van der Waals surface area contributed by atoms with Crippen molar-refractivity contribution in [1.82, 2.24) is 15.5 Å². The largest absolute Gasteiger partial charge is 0.314 e. The van der Waals surface area contributed by atoms with Gasteiger partial charge >= 0.3 is 0 Å². The molecule has 0 radical (unpaired) electrons. The van der Waals surface area contributed by atoms with E-state index in [1.54, 1.807) is 14.0 Å². The number of H-pyrrole nitrogens is 1. The Bertz CT molecular complexity index is 761. The summed E-state index contributed by atoms with van der Waals surface area (Å²) in [6, 6.07) is 4.01. The van der Waals surface area contributed by atoms with Crippen molar-refractivity contribution in [2.45, 2.75) is 18.4 Å². The van der Waals surface area contributed by atoms with Gasteiger partial charge in [-0.3, -0.25) is 9.82 Å². The van der Waals surface area contributed by atoms with E-state index >= 15 is 0 Å². The molecule has 0 aliphatic carbocycles. The Kier molecular flexibility index (Phi) is 4.64. The highest BCUT2D eigenvalue weighted by atomic mass is 79.9. The minimum atomic E-state index is -3.85. The van der Waals surface area contributed by atoms with Gasteiger partial charge in [0.2, 0.25) is 0 Å². The molecule has 0 fully saturated rings. The average Bonchev–Trinajstić information content (AvgIpc) is 2.76. The number of aromatic amines is 1. The fourth-order valence-electron chi connectivity index (χ4n) is 1.88. The van der Waals surface area contributed by atoms with E-state index in [2.05, 4.69) is 36.2 Å². The van der Waals surface area contributed by atoms with Crippen molar-refractivity contribution in [3.05, 3.63) is 39.9 Å². The Hall–Kier alpha value is -1.45. The van der Waals surface area contributed by atoms with Gasteiger partial charge in [0.15, 0.2) is 0 Å². The summed E-state index contributed by atoms with van der Waals surface area (Å²) >= 11 is 3.02. The Morgan fingerprint density at radius 3 is 2.76 bits per heavy atom. The molecular weight excluding hydrogens is 363 g/mol. The van der Waals surface area contributed by atoms with E-state index in [-0.39, 0.29) is 15.1 Å². The average molecular weight is 377 g/mol. The molecule has 0 aliphatic heterocycles. The van der Waals surface area contributed by atoms with Gasteiger partial charge in [-0.05, 0) is 48.1 Å². The standard InChI is InChI=1S/C12H14BrFN4O2S/c1-7-12(11(6-15-2)17-16-7)21(19,20)18-8-3-4-9(13)10(14)5-8/h3-5,15,18H,6H2,1-2H3,(H,16,17). The van der Waals surface area contributed by atoms with Gasteiger partial charge in [-0.2, -0.15) is 5.10 Å². The highest BCUT2D eigenvalue weighted by Gasteiger charge is 2.24. The molecule has 0 spiro atoms. The smallest absolute Gasteiger partial charge is 0.265 e. The van der Waals surface area contributed by atoms with Crippen LogP contribution in [0.5, 0.6) is 0 Å². The van der Waals surface area contributed by atoms with Crippen molar-refractivity contribution in [2.75, 3.05) is 11.8 Å². The van der Waals surface area contributed by atoms with Crippen LogP contribution in [0, 0.1) is 12.7 Å². The molecule has 1 aromatic carbocycles. The van der Waals surface area contributed by atoms with Gasteiger partial charge in [0.25, 0.3) is 10.0 Å². The maximum absolute atomic E-state index is 13.5. The lowest BCUT2D eigenvalue weighted by Crippen LogP contribution is -2.17. The van der Waals surface area contributed by atoms with Crippen LogP contribution in [-0.2, 0) is 16.6 Å². The third-order valence-corrected chi connectivity index (χ3v) is 4.97. The van der Waals surface area contributed by atoms with Crippen molar-refractivity contribution in [1.29, 1.82) is 0 Å². The number of sulfonamides is 1. The molecule has 0 amide bonds. The molecule has 0 aliphatic rings. The Morgan fingerprint density at radius 1 is 1.43 bits per heavy atom. The number of hydrogen-bond donors (Lipinski definition) is 3. The minimum absolute atomic E-state index is 0.0696. The van der Waals surface area contributed by atoms with E-state index in [0.717, 1.165) is 6.07 Å². The maximum atomic E-state index is 13.5. The normalized spacial score (nSPS) is 11.6. The predicted octanol–water partition coefficient (Wildman–Crippen LogP) is 2.14. The minimum Gasteiger partial charge on any atom is -0.314 e. The summed E-state index contributed by atoms with van der Waals surface area (Å²) in [6.07, 6.45) is 0. The van der Waals surface area contributed by atoms with Gasteiger partial charge < -0.3 is 5.32 Å². The number of halogens is 2. The number of aromatic nitrogens is 2. The molecule has 1 aromatic heterocycles. The van der Waals surface area contributed by atoms with E-state index in [9.17, 15) is 12.8 Å². The van der Waals surface area contributed by atoms with Gasteiger partial charge in [0.05, 0.1) is 21.5 Å². The zero-order chi connectivity index (χ0) is 15.6. The molecule has 0 bridgehead atoms. The third kappa shape index (κ3) is 3.42. The maximum Gasteiger partial charge on any atom is 0.265 e. The number of aryl methyl sites for hydroxylation is 1. The van der Waals surface area contributed by atoms with Crippen LogP contribution in [0.2, 0.25) is 0 Å². The van der Waals surface area contributed by atoms with E-state index in [1.165, 1.54) is 12.1 Å². The molecule has 0 unspecified atom stereocenters. The second-order valence-electron chi connectivity index (χ2n) is 4.39. The predicted molar refractivity (Wildman–Crippen MR) is 81.0 cm³/mol. The van der Waals surface area contributed by atoms with Gasteiger partial charge in [-0.15, -0.1) is 0 Å². The van der Waals surface area contributed by atoms with Crippen molar-refractivity contribution < 1.29 is 12.8 Å². The van der Waals surface area contributed by atoms with Crippen LogP contribution in [0.25, 0.3) is 0 Å². The molecule has 0 atom stereocenters. The molecule has 21 heavy (non-hydrogen) atoms. The second kappa shape index (κ2) is 6.12. The van der Waals surface area contributed by atoms with E-state index in [4.69, 9.17) is 0 Å². The number of benzene rings is 1. The summed E-state index contributed by atoms with van der Waals surface area (Å²) in [6.45, 7) is 1.91. The monoisotopic (exact) mass is 376 g/mol. The Labute approximate surface area is 130 Å². The summed E-state index contributed by atoms with van der Waals surface area (Å²) in [5.41, 5.74) is 0.942. The third-order valence-electron chi connectivity index (χ3n) is 2.75. The Balaban J connectivity index is 2.38. The molecular formula is C12H14BrFN4O2S. The van der Waals surface area contributed by atoms with Crippen LogP contribution in [0.15, 0.2) is 27.6 Å². The highest BCUT2D eigenvalue weighted by Crippen LogP contribution is 2.24. The van der Waals surface area contributed by atoms with Crippen LogP contribution in [0.3, 0.4) is 0 Å². The van der Waals surface area contributed by atoms with Gasteiger partial charge in [-0.25, -0.2) is 12.8 Å². The lowest BCUT2D eigenvalue weighted by atomic mass is 10.3. The summed E-state index contributed by atoms with van der Waals surface area (Å²) in [7, 11) is -2.16. The van der Waals surface area contributed by atoms with Gasteiger partial charge in [0, 0.05) is 6.54 Å². The fourth-order valence-corrected chi connectivity index (χ4v) is 3.54. The molecule has 114 valence electrons. The van der Waals surface area contributed by atoms with Crippen LogP contribution in [0.4, 0.5) is 10.1 Å². The lowest BCUT2D eigenvalue weighted by molar-refractivity contribution is 0.598. The summed E-state index contributed by atoms with van der Waals surface area (Å²) in [5.74, 6) is -0.547. The first-order valence-corrected chi connectivity index (χ1v) is 8.29. The van der Waals surface area contributed by atoms with E-state index < -0.39 is 15.8 Å². The van der Waals surface area contributed by atoms with Crippen LogP contribution < -0.4 is 10.0 Å². The van der Waals surface area contributed by atoms with Crippen LogP contribution in [-0.4, -0.2) is 25.7 Å². The fraction of sp³-hybridized carbons (Fsp3) is 0.250. The zero-order valence-electron chi connectivity index (χ0n) is 11.4. The number of hydrogen-bond acceptors (Lipinski definition) is 4. The summed E-state index contributed by atoms with van der Waals surface area (Å²) < 4.78 is 41.0. The van der Waals surface area contributed by atoms with Crippen LogP contribution >= 0.6 is 15.9 Å². The second-order valence-corrected chi connectivity index (χ2v) is 6.86. The van der Waals surface area contributed by atoms with E-state index in [0.29, 0.717) is 17.9 Å². The zero-order valence-corrected chi connectivity index (χ0v) is 13.8. The van der Waals surface area contributed by atoms with Crippen molar-refractivity contribution in [2.24, 2.45) is 0 Å². The van der Waals surface area contributed by atoms with Gasteiger partial charge in [0.1, 0.15) is 10.7 Å². The first-order chi connectivity index (χ1) is 9.85. The number of anilines is 1. The molecule has 6 nitrogen and oxygen atoms in total. The van der Waals surface area contributed by atoms with Crippen LogP contribution in [0.1, 0.15) is 11.4 Å². The number of nitrogens with one attached hydrogen (secondary N) is 3. The number of nitrogens with zero attached hydrogens (tertiary/aromatic N) is 1. The summed E-state index contributed by atoms with van der Waals surface area (Å²) in [5, 5.41) is 9.45. The SMILES string of the molecule is CNCc1n[nH]c(C)c1S(=O)(=O)Nc1ccc(Br)c(F)c1. The molecule has 0 saturated carbocycles. The first-order valence-electron chi connectivity index (χ1n) is 6.01. The van der Waals surface area contributed by atoms with Crippen molar-refractivity contribution in [3.63, 3.8) is 0 Å². The first kappa shape index (κ1) is 15.9. The van der Waals surface area contributed by atoms with Crippen molar-refractivity contribution >= 4 is 31.6 Å². The molecule has 2 aromatic rings. The quantitative estimate of drug-likeness (QED) is 0.745. The van der Waals surface area contributed by atoms with Gasteiger partial charge in [-0.1, -0.05) is 0 Å². The highest BCUT2D eigenvalue weighted by molar-refractivity contribution is 9.10. The Morgan fingerprint density at radius 2 is 2.14 bits per heavy atom. The topological polar surface area (TPSA) is 86.9 Å². The molecule has 2 rings (SSSR count). The van der Waals surface area contributed by atoms with Crippen molar-refractivity contribution in [3.8, 4) is 0 Å².